The maximum Gasteiger partial charge on any atom is 0.415 e. The largest absolute Gasteiger partial charge is 0.415 e. The molecule has 1 aliphatic rings. The van der Waals surface area contributed by atoms with E-state index in [1.165, 1.54) is 0 Å². The molecule has 2 unspecified atom stereocenters. The van der Waals surface area contributed by atoms with Crippen LogP contribution >= 0.6 is 0 Å². The van der Waals surface area contributed by atoms with Crippen LogP contribution in [-0.2, 0) is 14.8 Å². The lowest BCUT2D eigenvalue weighted by molar-refractivity contribution is -0.204. The summed E-state index contributed by atoms with van der Waals surface area (Å²) < 4.78 is 65.4. The summed E-state index contributed by atoms with van der Waals surface area (Å²) >= 11 is 0. The van der Waals surface area contributed by atoms with Gasteiger partial charge in [-0.1, -0.05) is 0 Å². The average molecular weight is 291 g/mol. The Morgan fingerprint density at radius 2 is 2.11 bits per heavy atom. The van der Waals surface area contributed by atoms with E-state index in [2.05, 4.69) is 0 Å². The van der Waals surface area contributed by atoms with Gasteiger partial charge >= 0.3 is 6.18 Å². The predicted octanol–water partition coefficient (Wildman–Crippen LogP) is 0.350. The number of hydrogen-bond donors (Lipinski definition) is 1. The fourth-order valence-corrected chi connectivity index (χ4v) is 2.95. The molecule has 1 aliphatic heterocycles. The van der Waals surface area contributed by atoms with Crippen molar-refractivity contribution in [2.24, 2.45) is 0 Å². The molecule has 2 atom stereocenters. The van der Waals surface area contributed by atoms with Gasteiger partial charge in [0, 0.05) is 20.2 Å². The maximum absolute atomic E-state index is 12.1. The Balaban J connectivity index is 2.56. The third-order valence-electron chi connectivity index (χ3n) is 2.70. The lowest BCUT2D eigenvalue weighted by atomic mass is 10.3. The van der Waals surface area contributed by atoms with Gasteiger partial charge in [-0.15, -0.1) is 0 Å². The van der Waals surface area contributed by atoms with E-state index in [9.17, 15) is 21.6 Å². The minimum atomic E-state index is -4.83. The van der Waals surface area contributed by atoms with Gasteiger partial charge in [-0.25, -0.2) is 12.7 Å². The van der Waals surface area contributed by atoms with Crippen LogP contribution in [0.1, 0.15) is 12.8 Å². The van der Waals surface area contributed by atoms with Gasteiger partial charge in [0.25, 0.3) is 0 Å². The SMILES string of the molecule is CN(CC(O)C(F)(F)F)S(=O)(=O)CC1CCCO1. The molecule has 0 radical (unpaired) electrons. The first kappa shape index (κ1) is 15.7. The normalized spacial score (nSPS) is 23.6. The topological polar surface area (TPSA) is 66.8 Å². The number of halogens is 3. The summed E-state index contributed by atoms with van der Waals surface area (Å²) in [7, 11) is -2.84. The van der Waals surface area contributed by atoms with Crippen molar-refractivity contribution in [3.8, 4) is 0 Å². The fraction of sp³-hybridized carbons (Fsp3) is 1.00. The van der Waals surface area contributed by atoms with Crippen molar-refractivity contribution in [3.05, 3.63) is 0 Å². The van der Waals surface area contributed by atoms with Gasteiger partial charge in [-0.3, -0.25) is 0 Å². The Labute approximate surface area is 104 Å². The minimum absolute atomic E-state index is 0.353. The smallest absolute Gasteiger partial charge is 0.382 e. The molecule has 0 amide bonds. The predicted molar refractivity (Wildman–Crippen MR) is 57.5 cm³/mol. The van der Waals surface area contributed by atoms with E-state index in [0.717, 1.165) is 13.5 Å². The molecule has 1 heterocycles. The second kappa shape index (κ2) is 5.72. The zero-order valence-electron chi connectivity index (χ0n) is 9.85. The Hall–Kier alpha value is -0.380. The number of alkyl halides is 3. The molecule has 0 saturated carbocycles. The molecule has 0 spiro atoms. The van der Waals surface area contributed by atoms with Crippen LogP contribution in [0, 0.1) is 0 Å². The van der Waals surface area contributed by atoms with Gasteiger partial charge in [-0.2, -0.15) is 13.2 Å². The maximum atomic E-state index is 12.1. The zero-order valence-corrected chi connectivity index (χ0v) is 10.7. The highest BCUT2D eigenvalue weighted by Crippen LogP contribution is 2.22. The van der Waals surface area contributed by atoms with Crippen molar-refractivity contribution < 1.29 is 31.4 Å². The lowest BCUT2D eigenvalue weighted by Gasteiger charge is -2.23. The summed E-state index contributed by atoms with van der Waals surface area (Å²) in [6, 6.07) is 0. The van der Waals surface area contributed by atoms with E-state index < -0.39 is 35.0 Å². The highest BCUT2D eigenvalue weighted by Gasteiger charge is 2.40. The van der Waals surface area contributed by atoms with E-state index in [1.807, 2.05) is 0 Å². The molecule has 1 fully saturated rings. The number of hydrogen-bond acceptors (Lipinski definition) is 4. The molecule has 0 aromatic carbocycles. The van der Waals surface area contributed by atoms with Gasteiger partial charge in [-0.05, 0) is 12.8 Å². The Morgan fingerprint density at radius 1 is 1.50 bits per heavy atom. The average Bonchev–Trinajstić information content (AvgIpc) is 2.67. The van der Waals surface area contributed by atoms with E-state index in [0.29, 0.717) is 17.3 Å². The zero-order chi connectivity index (χ0) is 14.0. The molecule has 1 saturated heterocycles. The third kappa shape index (κ3) is 4.38. The molecule has 1 N–H and O–H groups in total. The van der Waals surface area contributed by atoms with Crippen LogP contribution in [0.3, 0.4) is 0 Å². The summed E-state index contributed by atoms with van der Waals surface area (Å²) in [6.07, 6.45) is -6.65. The summed E-state index contributed by atoms with van der Waals surface area (Å²) in [5, 5.41) is 8.82. The van der Waals surface area contributed by atoms with Crippen molar-refractivity contribution in [3.63, 3.8) is 0 Å². The van der Waals surface area contributed by atoms with Crippen LogP contribution in [0.15, 0.2) is 0 Å². The molecule has 0 aliphatic carbocycles. The first-order valence-corrected chi connectivity index (χ1v) is 7.04. The molecule has 9 heteroatoms. The molecule has 5 nitrogen and oxygen atoms in total. The summed E-state index contributed by atoms with van der Waals surface area (Å²) in [4.78, 5) is 0. The minimum Gasteiger partial charge on any atom is -0.382 e. The van der Waals surface area contributed by atoms with Gasteiger partial charge in [0.1, 0.15) is 0 Å². The summed E-state index contributed by atoms with van der Waals surface area (Å²) in [6.45, 7) is -0.534. The van der Waals surface area contributed by atoms with E-state index in [4.69, 9.17) is 9.84 Å². The second-order valence-electron chi connectivity index (χ2n) is 4.25. The van der Waals surface area contributed by atoms with Crippen LogP contribution in [0.2, 0.25) is 0 Å². The number of aliphatic hydroxyl groups excluding tert-OH is 1. The van der Waals surface area contributed by atoms with Crippen molar-refractivity contribution >= 4 is 10.0 Å². The molecular weight excluding hydrogens is 275 g/mol. The van der Waals surface area contributed by atoms with Crippen molar-refractivity contribution in [2.45, 2.75) is 31.2 Å². The highest BCUT2D eigenvalue weighted by atomic mass is 32.2. The second-order valence-corrected chi connectivity index (χ2v) is 6.37. The number of rotatable bonds is 5. The van der Waals surface area contributed by atoms with Crippen LogP contribution in [0.5, 0.6) is 0 Å². The molecule has 18 heavy (non-hydrogen) atoms. The standard InChI is InChI=1S/C9H16F3NO4S/c1-13(5-8(14)9(10,11)12)18(15,16)6-7-3-2-4-17-7/h7-8,14H,2-6H2,1H3. The van der Waals surface area contributed by atoms with Gasteiger partial charge in [0.15, 0.2) is 6.10 Å². The molecule has 0 aromatic rings. The van der Waals surface area contributed by atoms with Crippen LogP contribution in [0.25, 0.3) is 0 Å². The highest BCUT2D eigenvalue weighted by molar-refractivity contribution is 7.89. The number of nitrogens with zero attached hydrogens (tertiary/aromatic N) is 1. The van der Waals surface area contributed by atoms with E-state index in [1.54, 1.807) is 0 Å². The number of ether oxygens (including phenoxy) is 1. The van der Waals surface area contributed by atoms with Crippen molar-refractivity contribution in [1.29, 1.82) is 0 Å². The van der Waals surface area contributed by atoms with Crippen LogP contribution in [-0.4, -0.2) is 62.2 Å². The van der Waals surface area contributed by atoms with Crippen molar-refractivity contribution in [2.75, 3.05) is 26.0 Å². The fourth-order valence-electron chi connectivity index (χ4n) is 1.60. The first-order valence-electron chi connectivity index (χ1n) is 5.43. The number of aliphatic hydroxyl groups is 1. The Kier molecular flexibility index (Phi) is 4.98. The van der Waals surface area contributed by atoms with Gasteiger partial charge in [0.2, 0.25) is 10.0 Å². The van der Waals surface area contributed by atoms with Crippen LogP contribution < -0.4 is 0 Å². The molecule has 0 aromatic heterocycles. The molecule has 0 bridgehead atoms. The summed E-state index contributed by atoms with van der Waals surface area (Å²) in [5.74, 6) is -0.353. The molecular formula is C9H16F3NO4S. The quantitative estimate of drug-likeness (QED) is 0.794. The third-order valence-corrected chi connectivity index (χ3v) is 4.60. The van der Waals surface area contributed by atoms with Gasteiger partial charge < -0.3 is 9.84 Å². The molecule has 108 valence electrons. The number of sulfonamides is 1. The number of likely N-dealkylation sites (N-methyl/N-ethyl adjacent to an activating group) is 1. The van der Waals surface area contributed by atoms with Crippen LogP contribution in [0.4, 0.5) is 13.2 Å². The van der Waals surface area contributed by atoms with Crippen molar-refractivity contribution in [1.82, 2.24) is 4.31 Å². The van der Waals surface area contributed by atoms with E-state index >= 15 is 0 Å². The monoisotopic (exact) mass is 291 g/mol. The van der Waals surface area contributed by atoms with E-state index in [-0.39, 0.29) is 5.75 Å². The van der Waals surface area contributed by atoms with Gasteiger partial charge in [0.05, 0.1) is 11.9 Å². The Bertz CT molecular complexity index is 364. The lowest BCUT2D eigenvalue weighted by Crippen LogP contribution is -2.43. The summed E-state index contributed by atoms with van der Waals surface area (Å²) in [5.41, 5.74) is 0. The Morgan fingerprint density at radius 3 is 2.56 bits per heavy atom. The molecule has 1 rings (SSSR count). The first-order chi connectivity index (χ1) is 8.13.